The molecule has 7 heteroatoms. The number of nitrogens with two attached hydrogens (primary N) is 1. The predicted octanol–water partition coefficient (Wildman–Crippen LogP) is -4.25. The Kier molecular flexibility index (Phi) is 8.30. The second kappa shape index (κ2) is 6.36. The van der Waals surface area contributed by atoms with Gasteiger partial charge in [-0.05, 0) is 6.92 Å². The van der Waals surface area contributed by atoms with Gasteiger partial charge in [0.15, 0.2) is 5.94 Å². The summed E-state index contributed by atoms with van der Waals surface area (Å²) in [5, 5.41) is 8.15. The molecule has 0 fully saturated rings. The molecule has 0 aliphatic rings. The van der Waals surface area contributed by atoms with Gasteiger partial charge in [0.25, 0.3) is 10.1 Å². The van der Waals surface area contributed by atoms with Crippen LogP contribution in [0.15, 0.2) is 0 Å². The van der Waals surface area contributed by atoms with Gasteiger partial charge in [-0.1, -0.05) is 0 Å². The largest absolute Gasteiger partial charge is 1.00 e. The molecule has 0 saturated carbocycles. The predicted molar refractivity (Wildman–Crippen MR) is 36.7 cm³/mol. The number of hydrogen-bond acceptors (Lipinski definition) is 5. The first-order valence-corrected chi connectivity index (χ1v) is 4.29. The van der Waals surface area contributed by atoms with Gasteiger partial charge in [-0.15, -0.1) is 0 Å². The van der Waals surface area contributed by atoms with E-state index < -0.39 is 16.1 Å². The molecule has 0 aliphatic heterocycles. The van der Waals surface area contributed by atoms with Crippen LogP contribution in [0.4, 0.5) is 0 Å². The maximum atomic E-state index is 10.4. The fraction of sp³-hybridized carbons (Fsp3) is 1.00. The Morgan fingerprint density at radius 1 is 1.73 bits per heavy atom. The molecule has 3 N–H and O–H groups in total. The standard InChI is InChI=1S/C4H11NO4S.Na.H/c1-4(5)2-9-10(7,8)3-6;;/h4,6H,2-3,5H2,1H3;;/q;+1;-1. The van der Waals surface area contributed by atoms with Crippen LogP contribution in [0.2, 0.25) is 0 Å². The van der Waals surface area contributed by atoms with E-state index in [9.17, 15) is 8.42 Å². The molecule has 5 nitrogen and oxygen atoms in total. The smallest absolute Gasteiger partial charge is 1.00 e. The van der Waals surface area contributed by atoms with Crippen molar-refractivity contribution >= 4 is 10.1 Å². The molecular weight excluding hydrogens is 181 g/mol. The van der Waals surface area contributed by atoms with Crippen molar-refractivity contribution in [1.29, 1.82) is 0 Å². The Labute approximate surface area is 89.8 Å². The summed E-state index contributed by atoms with van der Waals surface area (Å²) in [5.74, 6) is -1.00. The Morgan fingerprint density at radius 3 is 2.45 bits per heavy atom. The van der Waals surface area contributed by atoms with Gasteiger partial charge in [-0.3, -0.25) is 4.18 Å². The van der Waals surface area contributed by atoms with E-state index in [0.29, 0.717) is 0 Å². The van der Waals surface area contributed by atoms with Crippen molar-refractivity contribution in [3.63, 3.8) is 0 Å². The van der Waals surface area contributed by atoms with Gasteiger partial charge in [0, 0.05) is 6.04 Å². The van der Waals surface area contributed by atoms with Crippen LogP contribution in [0.25, 0.3) is 0 Å². The van der Waals surface area contributed by atoms with E-state index in [1.165, 1.54) is 0 Å². The van der Waals surface area contributed by atoms with Crippen LogP contribution >= 0.6 is 0 Å². The van der Waals surface area contributed by atoms with Crippen LogP contribution in [0.3, 0.4) is 0 Å². The van der Waals surface area contributed by atoms with Crippen molar-refractivity contribution in [2.24, 2.45) is 5.73 Å². The summed E-state index contributed by atoms with van der Waals surface area (Å²) in [6.45, 7) is 1.51. The van der Waals surface area contributed by atoms with Gasteiger partial charge in [-0.2, -0.15) is 8.42 Å². The number of aliphatic hydroxyl groups excluding tert-OH is 1. The molecule has 0 spiro atoms. The van der Waals surface area contributed by atoms with E-state index in [-0.39, 0.29) is 43.6 Å². The zero-order valence-corrected chi connectivity index (χ0v) is 9.47. The third-order valence-corrected chi connectivity index (χ3v) is 1.48. The molecule has 1 atom stereocenters. The van der Waals surface area contributed by atoms with Crippen LogP contribution in [0, 0.1) is 0 Å². The van der Waals surface area contributed by atoms with Gasteiger partial charge < -0.3 is 12.3 Å². The van der Waals surface area contributed by atoms with E-state index in [4.69, 9.17) is 10.8 Å². The van der Waals surface area contributed by atoms with Crippen LogP contribution < -0.4 is 35.3 Å². The molecular formula is C4H12NNaO4S. The molecule has 0 aliphatic carbocycles. The molecule has 0 amide bonds. The number of rotatable bonds is 4. The molecule has 0 aromatic rings. The fourth-order valence-corrected chi connectivity index (χ4v) is 0.745. The number of hydrogen-bond donors (Lipinski definition) is 2. The summed E-state index contributed by atoms with van der Waals surface area (Å²) >= 11 is 0. The van der Waals surface area contributed by atoms with E-state index in [1.54, 1.807) is 6.92 Å². The van der Waals surface area contributed by atoms with Gasteiger partial charge in [-0.25, -0.2) is 0 Å². The molecule has 0 aromatic heterocycles. The van der Waals surface area contributed by atoms with Crippen molar-refractivity contribution in [1.82, 2.24) is 0 Å². The molecule has 11 heavy (non-hydrogen) atoms. The first-order valence-electron chi connectivity index (χ1n) is 2.71. The summed E-state index contributed by atoms with van der Waals surface area (Å²) in [7, 11) is -3.74. The van der Waals surface area contributed by atoms with Gasteiger partial charge in [0.2, 0.25) is 0 Å². The zero-order chi connectivity index (χ0) is 8.20. The molecule has 0 bridgehead atoms. The average molecular weight is 193 g/mol. The zero-order valence-electron chi connectivity index (χ0n) is 7.65. The quantitative estimate of drug-likeness (QED) is 0.348. The van der Waals surface area contributed by atoms with E-state index in [0.717, 1.165) is 0 Å². The SMILES string of the molecule is CC(N)COS(=O)(=O)CO.[H-].[Na+]. The molecule has 0 heterocycles. The van der Waals surface area contributed by atoms with Gasteiger partial charge >= 0.3 is 29.6 Å². The van der Waals surface area contributed by atoms with Crippen molar-refractivity contribution in [2.75, 3.05) is 12.5 Å². The topological polar surface area (TPSA) is 89.6 Å². The average Bonchev–Trinajstić information content (AvgIpc) is 1.85. The second-order valence-corrected chi connectivity index (χ2v) is 3.56. The Bertz CT molecular complexity index is 183. The third-order valence-electron chi connectivity index (χ3n) is 0.669. The van der Waals surface area contributed by atoms with Gasteiger partial charge in [0.05, 0.1) is 6.61 Å². The Balaban J connectivity index is -0.000000405. The van der Waals surface area contributed by atoms with Gasteiger partial charge in [0.1, 0.15) is 0 Å². The summed E-state index contributed by atoms with van der Waals surface area (Å²) in [6, 6.07) is -0.346. The Morgan fingerprint density at radius 2 is 2.18 bits per heavy atom. The fourth-order valence-electron chi connectivity index (χ4n) is 0.248. The van der Waals surface area contributed by atoms with Crippen molar-refractivity contribution in [2.45, 2.75) is 13.0 Å². The third kappa shape index (κ3) is 8.74. The molecule has 0 aromatic carbocycles. The molecule has 0 radical (unpaired) electrons. The minimum Gasteiger partial charge on any atom is -1.00 e. The van der Waals surface area contributed by atoms with Crippen molar-refractivity contribution in [3.8, 4) is 0 Å². The first kappa shape index (κ1) is 14.4. The summed E-state index contributed by atoms with van der Waals surface area (Å²) in [4.78, 5) is 0. The minimum atomic E-state index is -3.74. The van der Waals surface area contributed by atoms with Crippen molar-refractivity contribution in [3.05, 3.63) is 0 Å². The summed E-state index contributed by atoms with van der Waals surface area (Å²) < 4.78 is 25.0. The van der Waals surface area contributed by atoms with E-state index in [1.807, 2.05) is 0 Å². The maximum Gasteiger partial charge on any atom is 1.00 e. The summed E-state index contributed by atoms with van der Waals surface area (Å²) in [5.41, 5.74) is 5.18. The second-order valence-electron chi connectivity index (χ2n) is 1.95. The minimum absolute atomic E-state index is 0. The maximum absolute atomic E-state index is 10.4. The van der Waals surface area contributed by atoms with Crippen LogP contribution in [-0.2, 0) is 14.3 Å². The Hall–Kier alpha value is 0.830. The monoisotopic (exact) mass is 193 g/mol. The first-order chi connectivity index (χ1) is 4.48. The van der Waals surface area contributed by atoms with Crippen molar-refractivity contribution < 1.29 is 48.7 Å². The molecule has 0 rings (SSSR count). The normalized spacial score (nSPS) is 13.7. The summed E-state index contributed by atoms with van der Waals surface area (Å²) in [6.07, 6.45) is 0. The number of aliphatic hydroxyl groups is 1. The molecule has 1 unspecified atom stereocenters. The molecule has 0 saturated heterocycles. The van der Waals surface area contributed by atoms with E-state index >= 15 is 0 Å². The van der Waals surface area contributed by atoms with Crippen LogP contribution in [-0.4, -0.2) is 32.1 Å². The van der Waals surface area contributed by atoms with Crippen LogP contribution in [0.5, 0.6) is 0 Å². The van der Waals surface area contributed by atoms with Crippen LogP contribution in [0.1, 0.15) is 8.35 Å². The van der Waals surface area contributed by atoms with E-state index in [2.05, 4.69) is 4.18 Å². The molecule has 64 valence electrons.